The fourth-order valence-electron chi connectivity index (χ4n) is 3.00. The van der Waals surface area contributed by atoms with Gasteiger partial charge in [0.25, 0.3) is 5.91 Å². The first-order valence-electron chi connectivity index (χ1n) is 8.22. The Bertz CT molecular complexity index is 531. The van der Waals surface area contributed by atoms with Gasteiger partial charge in [-0.25, -0.2) is 0 Å². The molecule has 1 aromatic carbocycles. The zero-order valence-electron chi connectivity index (χ0n) is 13.8. The van der Waals surface area contributed by atoms with Crippen molar-refractivity contribution < 1.29 is 19.4 Å². The summed E-state index contributed by atoms with van der Waals surface area (Å²) in [6.45, 7) is 5.04. The smallest absolute Gasteiger partial charge is 0.308 e. The Labute approximate surface area is 137 Å². The highest BCUT2D eigenvalue weighted by atomic mass is 16.5. The standard InChI is InChI=1S/C18H25NO4/c1-3-4-10-23-13(2)17(20)19-11-15(16(12-19)18(21)22)14-8-6-5-7-9-14/h5-9,13,15-16H,3-4,10-12H2,1-2H3,(H,21,22)/t13?,15-,16-/m0/s1. The van der Waals surface area contributed by atoms with Crippen LogP contribution in [-0.4, -0.2) is 47.7 Å². The van der Waals surface area contributed by atoms with Crippen molar-refractivity contribution in [1.29, 1.82) is 0 Å². The molecule has 3 atom stereocenters. The van der Waals surface area contributed by atoms with Crippen molar-refractivity contribution in [2.45, 2.75) is 38.7 Å². The number of carbonyl (C=O) groups is 2. The zero-order valence-corrected chi connectivity index (χ0v) is 13.8. The summed E-state index contributed by atoms with van der Waals surface area (Å²) in [5, 5.41) is 9.49. The molecule has 1 aliphatic rings. The molecule has 1 unspecified atom stereocenters. The molecule has 0 saturated carbocycles. The molecule has 1 aromatic rings. The summed E-state index contributed by atoms with van der Waals surface area (Å²) < 4.78 is 5.55. The van der Waals surface area contributed by atoms with Crippen molar-refractivity contribution in [1.82, 2.24) is 4.90 Å². The zero-order chi connectivity index (χ0) is 16.8. The van der Waals surface area contributed by atoms with E-state index in [1.165, 1.54) is 0 Å². The molecule has 23 heavy (non-hydrogen) atoms. The minimum Gasteiger partial charge on any atom is -0.481 e. The minimum atomic E-state index is -0.853. The van der Waals surface area contributed by atoms with Gasteiger partial charge in [0.15, 0.2) is 0 Å². The number of unbranched alkanes of at least 4 members (excludes halogenated alkanes) is 1. The van der Waals surface area contributed by atoms with Crippen LogP contribution in [0.25, 0.3) is 0 Å². The number of nitrogens with zero attached hydrogens (tertiary/aromatic N) is 1. The molecule has 1 aliphatic heterocycles. The van der Waals surface area contributed by atoms with Gasteiger partial charge in [-0.15, -0.1) is 0 Å². The molecule has 1 fully saturated rings. The van der Waals surface area contributed by atoms with Gasteiger partial charge in [0.1, 0.15) is 6.10 Å². The second kappa shape index (κ2) is 8.11. The van der Waals surface area contributed by atoms with Crippen molar-refractivity contribution >= 4 is 11.9 Å². The predicted molar refractivity (Wildman–Crippen MR) is 87.2 cm³/mol. The average molecular weight is 319 g/mol. The third-order valence-corrected chi connectivity index (χ3v) is 4.39. The third kappa shape index (κ3) is 4.32. The largest absolute Gasteiger partial charge is 0.481 e. The fraction of sp³-hybridized carbons (Fsp3) is 0.556. The van der Waals surface area contributed by atoms with Crippen molar-refractivity contribution in [3.8, 4) is 0 Å². The quantitative estimate of drug-likeness (QED) is 0.784. The highest BCUT2D eigenvalue weighted by Crippen LogP contribution is 2.33. The minimum absolute atomic E-state index is 0.120. The van der Waals surface area contributed by atoms with Crippen LogP contribution in [0.3, 0.4) is 0 Å². The van der Waals surface area contributed by atoms with Crippen LogP contribution in [0.15, 0.2) is 30.3 Å². The summed E-state index contributed by atoms with van der Waals surface area (Å²) in [7, 11) is 0. The van der Waals surface area contributed by atoms with Gasteiger partial charge in [0, 0.05) is 25.6 Å². The maximum atomic E-state index is 12.5. The number of likely N-dealkylation sites (tertiary alicyclic amines) is 1. The van der Waals surface area contributed by atoms with Crippen LogP contribution in [0, 0.1) is 5.92 Å². The van der Waals surface area contributed by atoms with E-state index in [2.05, 4.69) is 6.92 Å². The predicted octanol–water partition coefficient (Wildman–Crippen LogP) is 2.52. The van der Waals surface area contributed by atoms with Crippen LogP contribution < -0.4 is 0 Å². The van der Waals surface area contributed by atoms with Crippen LogP contribution in [0.5, 0.6) is 0 Å². The molecular weight excluding hydrogens is 294 g/mol. The molecule has 0 bridgehead atoms. The van der Waals surface area contributed by atoms with Gasteiger partial charge in [-0.3, -0.25) is 9.59 Å². The Morgan fingerprint density at radius 2 is 2.00 bits per heavy atom. The Balaban J connectivity index is 2.05. The number of aliphatic carboxylic acids is 1. The third-order valence-electron chi connectivity index (χ3n) is 4.39. The van der Waals surface area contributed by atoms with Crippen LogP contribution in [0.1, 0.15) is 38.2 Å². The number of amides is 1. The molecule has 126 valence electrons. The SMILES string of the molecule is CCCCOC(C)C(=O)N1C[C@H](C(=O)O)[C@H](c2ccccc2)C1. The van der Waals surface area contributed by atoms with E-state index in [4.69, 9.17) is 4.74 Å². The molecule has 0 spiro atoms. The molecule has 1 heterocycles. The summed E-state index contributed by atoms with van der Waals surface area (Å²) in [5.41, 5.74) is 0.967. The number of ether oxygens (including phenoxy) is 1. The summed E-state index contributed by atoms with van der Waals surface area (Å²) in [6, 6.07) is 9.55. The first kappa shape index (κ1) is 17.5. The summed E-state index contributed by atoms with van der Waals surface area (Å²) in [4.78, 5) is 25.7. The number of hydrogen-bond acceptors (Lipinski definition) is 3. The molecule has 1 saturated heterocycles. The molecule has 1 N–H and O–H groups in total. The van der Waals surface area contributed by atoms with E-state index in [0.29, 0.717) is 13.2 Å². The summed E-state index contributed by atoms with van der Waals surface area (Å²) in [6.07, 6.45) is 1.41. The van der Waals surface area contributed by atoms with Crippen LogP contribution in [-0.2, 0) is 14.3 Å². The van der Waals surface area contributed by atoms with E-state index in [0.717, 1.165) is 18.4 Å². The molecule has 0 aromatic heterocycles. The second-order valence-corrected chi connectivity index (χ2v) is 6.07. The lowest BCUT2D eigenvalue weighted by Crippen LogP contribution is -2.38. The lowest BCUT2D eigenvalue weighted by Gasteiger charge is -2.21. The normalized spacial score (nSPS) is 22.1. The van der Waals surface area contributed by atoms with Gasteiger partial charge in [0.05, 0.1) is 5.92 Å². The lowest BCUT2D eigenvalue weighted by molar-refractivity contribution is -0.143. The molecule has 0 aliphatic carbocycles. The van der Waals surface area contributed by atoms with E-state index < -0.39 is 18.0 Å². The van der Waals surface area contributed by atoms with E-state index in [1.54, 1.807) is 11.8 Å². The van der Waals surface area contributed by atoms with Crippen molar-refractivity contribution in [3.63, 3.8) is 0 Å². The van der Waals surface area contributed by atoms with Gasteiger partial charge >= 0.3 is 5.97 Å². The summed E-state index contributed by atoms with van der Waals surface area (Å²) in [5.74, 6) is -1.70. The monoisotopic (exact) mass is 319 g/mol. The van der Waals surface area contributed by atoms with E-state index in [-0.39, 0.29) is 18.4 Å². The summed E-state index contributed by atoms with van der Waals surface area (Å²) >= 11 is 0. The molecule has 0 radical (unpaired) electrons. The number of carboxylic acids is 1. The Morgan fingerprint density at radius 3 is 2.61 bits per heavy atom. The van der Waals surface area contributed by atoms with Gasteiger partial charge in [-0.2, -0.15) is 0 Å². The average Bonchev–Trinajstić information content (AvgIpc) is 3.00. The molecule has 1 amide bonds. The Hall–Kier alpha value is -1.88. The molecular formula is C18H25NO4. The number of carboxylic acid groups (broad SMARTS) is 1. The Morgan fingerprint density at radius 1 is 1.30 bits per heavy atom. The van der Waals surface area contributed by atoms with E-state index in [1.807, 2.05) is 30.3 Å². The molecule has 5 nitrogen and oxygen atoms in total. The van der Waals surface area contributed by atoms with Crippen molar-refractivity contribution in [2.24, 2.45) is 5.92 Å². The van der Waals surface area contributed by atoms with Crippen molar-refractivity contribution in [3.05, 3.63) is 35.9 Å². The van der Waals surface area contributed by atoms with Crippen molar-refractivity contribution in [2.75, 3.05) is 19.7 Å². The topological polar surface area (TPSA) is 66.8 Å². The highest BCUT2D eigenvalue weighted by molar-refractivity contribution is 5.82. The first-order valence-corrected chi connectivity index (χ1v) is 8.22. The van der Waals surface area contributed by atoms with Crippen LogP contribution >= 0.6 is 0 Å². The maximum Gasteiger partial charge on any atom is 0.308 e. The van der Waals surface area contributed by atoms with Gasteiger partial charge in [-0.05, 0) is 18.9 Å². The van der Waals surface area contributed by atoms with Gasteiger partial charge in [-0.1, -0.05) is 43.7 Å². The fourth-order valence-corrected chi connectivity index (χ4v) is 3.00. The Kier molecular flexibility index (Phi) is 6.16. The van der Waals surface area contributed by atoms with Crippen LogP contribution in [0.4, 0.5) is 0 Å². The molecule has 5 heteroatoms. The number of benzene rings is 1. The number of hydrogen-bond donors (Lipinski definition) is 1. The van der Waals surface area contributed by atoms with Gasteiger partial charge in [0.2, 0.25) is 0 Å². The lowest BCUT2D eigenvalue weighted by atomic mass is 9.89. The highest BCUT2D eigenvalue weighted by Gasteiger charge is 2.41. The van der Waals surface area contributed by atoms with E-state index in [9.17, 15) is 14.7 Å². The number of rotatable bonds is 7. The van der Waals surface area contributed by atoms with Gasteiger partial charge < -0.3 is 14.7 Å². The number of carbonyl (C=O) groups excluding carboxylic acids is 1. The second-order valence-electron chi connectivity index (χ2n) is 6.07. The molecule has 2 rings (SSSR count). The first-order chi connectivity index (χ1) is 11.0. The van der Waals surface area contributed by atoms with Crippen LogP contribution in [0.2, 0.25) is 0 Å². The maximum absolute atomic E-state index is 12.5. The van der Waals surface area contributed by atoms with E-state index >= 15 is 0 Å².